The predicted molar refractivity (Wildman–Crippen MR) is 91.2 cm³/mol. The fourth-order valence-corrected chi connectivity index (χ4v) is 2.33. The van der Waals surface area contributed by atoms with Gasteiger partial charge in [-0.3, -0.25) is 4.79 Å². The van der Waals surface area contributed by atoms with Crippen molar-refractivity contribution in [2.24, 2.45) is 0 Å². The van der Waals surface area contributed by atoms with Gasteiger partial charge in [0, 0.05) is 17.3 Å². The summed E-state index contributed by atoms with van der Waals surface area (Å²) < 4.78 is 32.6. The van der Waals surface area contributed by atoms with Crippen LogP contribution in [0.1, 0.15) is 11.7 Å². The molecule has 0 aliphatic carbocycles. The molecule has 1 atom stereocenters. The summed E-state index contributed by atoms with van der Waals surface area (Å²) >= 11 is 0. The summed E-state index contributed by atoms with van der Waals surface area (Å²) in [5.41, 5.74) is 1.15. The van der Waals surface area contributed by atoms with Crippen LogP contribution in [0.4, 0.5) is 14.5 Å². The van der Waals surface area contributed by atoms with Crippen molar-refractivity contribution in [2.45, 2.75) is 6.10 Å². The Morgan fingerprint density at radius 2 is 1.52 bits per heavy atom. The molecule has 0 aliphatic heterocycles. The third-order valence-electron chi connectivity index (χ3n) is 3.52. The molecule has 1 unspecified atom stereocenters. The molecule has 3 nitrogen and oxygen atoms in total. The standard InChI is InChI=1S/C20H15F2NO2/c21-15-11-12-18(17(22)13-15)25-19(14-7-3-1-4-8-14)20(24)23-16-9-5-2-6-10-16/h1-13,19H,(H,23,24). The maximum Gasteiger partial charge on any atom is 0.270 e. The average Bonchev–Trinajstić information content (AvgIpc) is 2.62. The molecule has 0 saturated carbocycles. The van der Waals surface area contributed by atoms with Crippen LogP contribution in [-0.4, -0.2) is 5.91 Å². The number of hydrogen-bond donors (Lipinski definition) is 1. The Labute approximate surface area is 143 Å². The molecule has 0 bridgehead atoms. The van der Waals surface area contributed by atoms with Crippen molar-refractivity contribution >= 4 is 11.6 Å². The summed E-state index contributed by atoms with van der Waals surface area (Å²) in [6.07, 6.45) is -1.08. The molecule has 0 heterocycles. The van der Waals surface area contributed by atoms with Gasteiger partial charge in [-0.1, -0.05) is 48.5 Å². The molecule has 0 spiro atoms. The first-order valence-corrected chi connectivity index (χ1v) is 7.66. The topological polar surface area (TPSA) is 38.3 Å². The van der Waals surface area contributed by atoms with E-state index in [1.54, 1.807) is 54.6 Å². The first-order chi connectivity index (χ1) is 12.1. The molecule has 25 heavy (non-hydrogen) atoms. The van der Waals surface area contributed by atoms with Gasteiger partial charge in [0.2, 0.25) is 6.10 Å². The van der Waals surface area contributed by atoms with Gasteiger partial charge in [-0.05, 0) is 24.3 Å². The Morgan fingerprint density at radius 1 is 0.880 bits per heavy atom. The van der Waals surface area contributed by atoms with Gasteiger partial charge in [0.05, 0.1) is 0 Å². The Hall–Kier alpha value is -3.21. The third-order valence-corrected chi connectivity index (χ3v) is 3.52. The van der Waals surface area contributed by atoms with Crippen molar-refractivity contribution in [3.8, 4) is 5.75 Å². The summed E-state index contributed by atoms with van der Waals surface area (Å²) in [5, 5.41) is 2.73. The second-order valence-electron chi connectivity index (χ2n) is 5.34. The number of carbonyl (C=O) groups is 1. The van der Waals surface area contributed by atoms with Crippen molar-refractivity contribution in [2.75, 3.05) is 5.32 Å². The maximum absolute atomic E-state index is 13.9. The molecule has 0 fully saturated rings. The third kappa shape index (κ3) is 4.20. The van der Waals surface area contributed by atoms with Crippen LogP contribution in [0.5, 0.6) is 5.75 Å². The Balaban J connectivity index is 1.88. The molecular formula is C20H15F2NO2. The Morgan fingerprint density at radius 3 is 2.16 bits per heavy atom. The number of para-hydroxylation sites is 1. The average molecular weight is 339 g/mol. The van der Waals surface area contributed by atoms with E-state index in [0.29, 0.717) is 17.3 Å². The molecule has 3 rings (SSSR count). The monoisotopic (exact) mass is 339 g/mol. The predicted octanol–water partition coefficient (Wildman–Crippen LogP) is 4.72. The van der Waals surface area contributed by atoms with Crippen molar-refractivity contribution in [3.63, 3.8) is 0 Å². The van der Waals surface area contributed by atoms with E-state index in [9.17, 15) is 13.6 Å². The minimum Gasteiger partial charge on any atom is -0.473 e. The number of rotatable bonds is 5. The second kappa shape index (κ2) is 7.57. The smallest absolute Gasteiger partial charge is 0.270 e. The van der Waals surface area contributed by atoms with Gasteiger partial charge in [-0.25, -0.2) is 8.78 Å². The quantitative estimate of drug-likeness (QED) is 0.730. The SMILES string of the molecule is O=C(Nc1ccccc1)C(Oc1ccc(F)cc1F)c1ccccc1. The fraction of sp³-hybridized carbons (Fsp3) is 0.0500. The number of ether oxygens (including phenoxy) is 1. The molecule has 0 saturated heterocycles. The van der Waals surface area contributed by atoms with Crippen LogP contribution in [0, 0.1) is 11.6 Å². The molecule has 1 amide bonds. The molecule has 3 aromatic rings. The van der Waals surface area contributed by atoms with E-state index < -0.39 is 23.6 Å². The molecule has 5 heteroatoms. The van der Waals surface area contributed by atoms with Crippen molar-refractivity contribution in [1.29, 1.82) is 0 Å². The minimum atomic E-state index is -1.08. The van der Waals surface area contributed by atoms with E-state index in [2.05, 4.69) is 5.32 Å². The van der Waals surface area contributed by atoms with Crippen LogP contribution < -0.4 is 10.1 Å². The highest BCUT2D eigenvalue weighted by Crippen LogP contribution is 2.26. The van der Waals surface area contributed by atoms with Gasteiger partial charge < -0.3 is 10.1 Å². The molecule has 126 valence electrons. The number of carbonyl (C=O) groups excluding carboxylic acids is 1. The van der Waals surface area contributed by atoms with Gasteiger partial charge in [-0.15, -0.1) is 0 Å². The largest absolute Gasteiger partial charge is 0.473 e. The van der Waals surface area contributed by atoms with Crippen LogP contribution in [-0.2, 0) is 4.79 Å². The maximum atomic E-state index is 13.9. The number of anilines is 1. The van der Waals surface area contributed by atoms with Crippen LogP contribution in [0.2, 0.25) is 0 Å². The normalized spacial score (nSPS) is 11.6. The first-order valence-electron chi connectivity index (χ1n) is 7.66. The highest BCUT2D eigenvalue weighted by atomic mass is 19.1. The fourth-order valence-electron chi connectivity index (χ4n) is 2.33. The number of hydrogen-bond acceptors (Lipinski definition) is 2. The minimum absolute atomic E-state index is 0.196. The van der Waals surface area contributed by atoms with Crippen molar-refractivity contribution in [3.05, 3.63) is 96.1 Å². The van der Waals surface area contributed by atoms with Crippen LogP contribution >= 0.6 is 0 Å². The highest BCUT2D eigenvalue weighted by molar-refractivity contribution is 5.95. The zero-order valence-electron chi connectivity index (χ0n) is 13.2. The number of amides is 1. The van der Waals surface area contributed by atoms with E-state index in [1.165, 1.54) is 0 Å². The Bertz CT molecular complexity index is 854. The van der Waals surface area contributed by atoms with E-state index in [4.69, 9.17) is 4.74 Å². The van der Waals surface area contributed by atoms with Gasteiger partial charge in [-0.2, -0.15) is 0 Å². The zero-order valence-corrected chi connectivity index (χ0v) is 13.2. The number of halogens is 2. The highest BCUT2D eigenvalue weighted by Gasteiger charge is 2.24. The Kier molecular flexibility index (Phi) is 5.04. The summed E-state index contributed by atoms with van der Waals surface area (Å²) in [7, 11) is 0. The lowest BCUT2D eigenvalue weighted by molar-refractivity contribution is -0.123. The van der Waals surface area contributed by atoms with Crippen LogP contribution in [0.25, 0.3) is 0 Å². The number of nitrogens with one attached hydrogen (secondary N) is 1. The van der Waals surface area contributed by atoms with E-state index >= 15 is 0 Å². The van der Waals surface area contributed by atoms with Crippen LogP contribution in [0.15, 0.2) is 78.9 Å². The molecule has 1 N–H and O–H groups in total. The lowest BCUT2D eigenvalue weighted by Crippen LogP contribution is -2.26. The molecule has 0 aromatic heterocycles. The summed E-state index contributed by atoms with van der Waals surface area (Å²) in [6.45, 7) is 0. The van der Waals surface area contributed by atoms with Gasteiger partial charge in [0.15, 0.2) is 11.6 Å². The van der Waals surface area contributed by atoms with Gasteiger partial charge in [0.1, 0.15) is 5.82 Å². The van der Waals surface area contributed by atoms with Crippen molar-refractivity contribution in [1.82, 2.24) is 0 Å². The second-order valence-corrected chi connectivity index (χ2v) is 5.34. The van der Waals surface area contributed by atoms with E-state index in [0.717, 1.165) is 12.1 Å². The van der Waals surface area contributed by atoms with E-state index in [-0.39, 0.29) is 5.75 Å². The molecular weight excluding hydrogens is 324 g/mol. The lowest BCUT2D eigenvalue weighted by Gasteiger charge is -2.19. The van der Waals surface area contributed by atoms with Crippen molar-refractivity contribution < 1.29 is 18.3 Å². The molecule has 0 radical (unpaired) electrons. The first kappa shape index (κ1) is 16.6. The zero-order chi connectivity index (χ0) is 17.6. The lowest BCUT2D eigenvalue weighted by atomic mass is 10.1. The molecule has 3 aromatic carbocycles. The number of benzene rings is 3. The summed E-state index contributed by atoms with van der Waals surface area (Å²) in [5.74, 6) is -2.23. The summed E-state index contributed by atoms with van der Waals surface area (Å²) in [4.78, 5) is 12.7. The summed E-state index contributed by atoms with van der Waals surface area (Å²) in [6, 6.07) is 20.5. The molecule has 0 aliphatic rings. The van der Waals surface area contributed by atoms with Gasteiger partial charge in [0.25, 0.3) is 5.91 Å². The van der Waals surface area contributed by atoms with Crippen LogP contribution in [0.3, 0.4) is 0 Å². The van der Waals surface area contributed by atoms with Gasteiger partial charge >= 0.3 is 0 Å². The van der Waals surface area contributed by atoms with E-state index in [1.807, 2.05) is 6.07 Å².